The van der Waals surface area contributed by atoms with Gasteiger partial charge < -0.3 is 20.3 Å². The van der Waals surface area contributed by atoms with E-state index in [1.165, 1.54) is 0 Å². The molecule has 0 radical (unpaired) electrons. The molecule has 0 amide bonds. The largest absolute Gasteiger partial charge is 0.493 e. The number of carbonyl (C=O) groups is 1. The van der Waals surface area contributed by atoms with Crippen LogP contribution < -0.4 is 15.2 Å². The number of methoxy groups -OCH3 is 2. The molecule has 2 unspecified atom stereocenters. The fraction of sp³-hybridized carbons (Fsp3) is 0.500. The lowest BCUT2D eigenvalue weighted by molar-refractivity contribution is -0.138. The average molecular weight is 267 g/mol. The van der Waals surface area contributed by atoms with Gasteiger partial charge in [0.2, 0.25) is 0 Å². The summed E-state index contributed by atoms with van der Waals surface area (Å²) in [6.07, 6.45) is -0.0415. The van der Waals surface area contributed by atoms with Crippen molar-refractivity contribution >= 4 is 5.97 Å². The summed E-state index contributed by atoms with van der Waals surface area (Å²) in [5, 5.41) is 9.08. The fourth-order valence-corrected chi connectivity index (χ4v) is 2.03. The van der Waals surface area contributed by atoms with Gasteiger partial charge in [-0.1, -0.05) is 13.0 Å². The van der Waals surface area contributed by atoms with E-state index < -0.39 is 11.4 Å². The van der Waals surface area contributed by atoms with E-state index in [2.05, 4.69) is 0 Å². The summed E-state index contributed by atoms with van der Waals surface area (Å²) in [4.78, 5) is 11.1. The number of aliphatic carboxylic acids is 1. The number of carboxylic acids is 1. The summed E-state index contributed by atoms with van der Waals surface area (Å²) in [7, 11) is 3.10. The van der Waals surface area contributed by atoms with Crippen molar-refractivity contribution < 1.29 is 19.4 Å². The molecule has 19 heavy (non-hydrogen) atoms. The Hall–Kier alpha value is -1.75. The van der Waals surface area contributed by atoms with Gasteiger partial charge in [0.25, 0.3) is 0 Å². The van der Waals surface area contributed by atoms with Gasteiger partial charge in [-0.3, -0.25) is 4.79 Å². The maximum atomic E-state index is 11.1. The molecule has 2 atom stereocenters. The first kappa shape index (κ1) is 15.3. The molecule has 106 valence electrons. The van der Waals surface area contributed by atoms with Crippen molar-refractivity contribution in [1.29, 1.82) is 0 Å². The minimum Gasteiger partial charge on any atom is -0.493 e. The standard InChI is InChI=1S/C14H21NO4/c1-9(15)14(2,8-13(16)17)10-5-6-11(18-3)12(7-10)19-4/h5-7,9H,8,15H2,1-4H3,(H,16,17). The van der Waals surface area contributed by atoms with E-state index in [0.717, 1.165) is 5.56 Å². The number of rotatable bonds is 6. The topological polar surface area (TPSA) is 81.8 Å². The monoisotopic (exact) mass is 267 g/mol. The number of nitrogens with two attached hydrogens (primary N) is 1. The van der Waals surface area contributed by atoms with Gasteiger partial charge in [-0.25, -0.2) is 0 Å². The molecule has 0 aliphatic heterocycles. The molecular formula is C14H21NO4. The van der Waals surface area contributed by atoms with Crippen molar-refractivity contribution in [2.75, 3.05) is 14.2 Å². The molecule has 5 heteroatoms. The van der Waals surface area contributed by atoms with Crippen LogP contribution in [-0.2, 0) is 10.2 Å². The smallest absolute Gasteiger partial charge is 0.304 e. The Kier molecular flexibility index (Phi) is 4.78. The molecule has 1 aromatic carbocycles. The van der Waals surface area contributed by atoms with E-state index >= 15 is 0 Å². The van der Waals surface area contributed by atoms with Crippen molar-refractivity contribution in [1.82, 2.24) is 0 Å². The second-order valence-corrected chi connectivity index (χ2v) is 4.85. The fourth-order valence-electron chi connectivity index (χ4n) is 2.03. The van der Waals surface area contributed by atoms with Crippen LogP contribution in [0.3, 0.4) is 0 Å². The van der Waals surface area contributed by atoms with Crippen LogP contribution in [0.15, 0.2) is 18.2 Å². The van der Waals surface area contributed by atoms with Gasteiger partial charge in [0.05, 0.1) is 20.6 Å². The van der Waals surface area contributed by atoms with Crippen LogP contribution in [0, 0.1) is 0 Å². The molecule has 0 aliphatic carbocycles. The van der Waals surface area contributed by atoms with Gasteiger partial charge in [-0.15, -0.1) is 0 Å². The van der Waals surface area contributed by atoms with Crippen molar-refractivity contribution in [2.45, 2.75) is 31.7 Å². The van der Waals surface area contributed by atoms with Crippen LogP contribution in [0.2, 0.25) is 0 Å². The molecule has 0 saturated carbocycles. The van der Waals surface area contributed by atoms with Gasteiger partial charge in [0, 0.05) is 11.5 Å². The summed E-state index contributed by atoms with van der Waals surface area (Å²) in [6, 6.07) is 5.07. The molecule has 0 heterocycles. The number of benzene rings is 1. The molecule has 5 nitrogen and oxygen atoms in total. The molecule has 0 aromatic heterocycles. The third-order valence-electron chi connectivity index (χ3n) is 3.57. The third kappa shape index (κ3) is 3.17. The Bertz CT molecular complexity index is 459. The van der Waals surface area contributed by atoms with Crippen LogP contribution in [-0.4, -0.2) is 31.3 Å². The molecule has 0 fully saturated rings. The second-order valence-electron chi connectivity index (χ2n) is 4.85. The van der Waals surface area contributed by atoms with Crippen LogP contribution in [0.1, 0.15) is 25.8 Å². The highest BCUT2D eigenvalue weighted by molar-refractivity contribution is 5.69. The van der Waals surface area contributed by atoms with Gasteiger partial charge in [-0.05, 0) is 24.6 Å². The summed E-state index contributed by atoms with van der Waals surface area (Å²) in [5.74, 6) is 0.292. The van der Waals surface area contributed by atoms with Crippen LogP contribution in [0.5, 0.6) is 11.5 Å². The van der Waals surface area contributed by atoms with E-state index in [4.69, 9.17) is 20.3 Å². The minimum absolute atomic E-state index is 0.0415. The predicted octanol–water partition coefficient (Wildman–Crippen LogP) is 1.78. The molecule has 0 saturated heterocycles. The minimum atomic E-state index is -0.880. The Morgan fingerprint density at radius 1 is 1.37 bits per heavy atom. The first-order chi connectivity index (χ1) is 8.85. The van der Waals surface area contributed by atoms with Gasteiger partial charge >= 0.3 is 5.97 Å². The zero-order valence-electron chi connectivity index (χ0n) is 11.8. The first-order valence-electron chi connectivity index (χ1n) is 6.05. The normalized spacial score (nSPS) is 15.4. The quantitative estimate of drug-likeness (QED) is 0.821. The van der Waals surface area contributed by atoms with Crippen molar-refractivity contribution in [3.63, 3.8) is 0 Å². The lowest BCUT2D eigenvalue weighted by Gasteiger charge is -2.33. The van der Waals surface area contributed by atoms with Crippen LogP contribution >= 0.6 is 0 Å². The highest BCUT2D eigenvalue weighted by Gasteiger charge is 2.34. The van der Waals surface area contributed by atoms with E-state index in [0.29, 0.717) is 11.5 Å². The van der Waals surface area contributed by atoms with Gasteiger partial charge in [0.1, 0.15) is 0 Å². The summed E-state index contributed by atoms with van der Waals surface area (Å²) in [5.41, 5.74) is 6.14. The third-order valence-corrected chi connectivity index (χ3v) is 3.57. The second kappa shape index (κ2) is 5.93. The molecule has 1 aromatic rings. The lowest BCUT2D eigenvalue weighted by atomic mass is 9.74. The number of ether oxygens (including phenoxy) is 2. The Balaban J connectivity index is 3.27. The summed E-state index contributed by atoms with van der Waals surface area (Å²) < 4.78 is 10.4. The van der Waals surface area contributed by atoms with E-state index in [1.807, 2.05) is 13.0 Å². The first-order valence-corrected chi connectivity index (χ1v) is 6.05. The van der Waals surface area contributed by atoms with Crippen molar-refractivity contribution in [3.05, 3.63) is 23.8 Å². The average Bonchev–Trinajstić information content (AvgIpc) is 2.36. The Morgan fingerprint density at radius 3 is 2.37 bits per heavy atom. The molecule has 3 N–H and O–H groups in total. The highest BCUT2D eigenvalue weighted by atomic mass is 16.5. The number of hydrogen-bond acceptors (Lipinski definition) is 4. The highest BCUT2D eigenvalue weighted by Crippen LogP contribution is 2.36. The van der Waals surface area contributed by atoms with E-state index in [1.54, 1.807) is 33.3 Å². The van der Waals surface area contributed by atoms with Gasteiger partial charge in [0.15, 0.2) is 11.5 Å². The van der Waals surface area contributed by atoms with Crippen molar-refractivity contribution in [2.24, 2.45) is 5.73 Å². The maximum absolute atomic E-state index is 11.1. The molecule has 1 rings (SSSR count). The van der Waals surface area contributed by atoms with Crippen LogP contribution in [0.25, 0.3) is 0 Å². The van der Waals surface area contributed by atoms with Gasteiger partial charge in [-0.2, -0.15) is 0 Å². The molecular weight excluding hydrogens is 246 g/mol. The summed E-state index contributed by atoms with van der Waals surface area (Å²) in [6.45, 7) is 3.65. The predicted molar refractivity (Wildman–Crippen MR) is 72.8 cm³/mol. The zero-order valence-corrected chi connectivity index (χ0v) is 11.8. The maximum Gasteiger partial charge on any atom is 0.304 e. The molecule has 0 spiro atoms. The SMILES string of the molecule is COc1ccc(C(C)(CC(=O)O)C(C)N)cc1OC. The molecule has 0 bridgehead atoms. The summed E-state index contributed by atoms with van der Waals surface area (Å²) >= 11 is 0. The Labute approximate surface area is 113 Å². The van der Waals surface area contributed by atoms with E-state index in [9.17, 15) is 4.79 Å². The van der Waals surface area contributed by atoms with E-state index in [-0.39, 0.29) is 12.5 Å². The Morgan fingerprint density at radius 2 is 1.95 bits per heavy atom. The lowest BCUT2D eigenvalue weighted by Crippen LogP contribution is -2.42. The van der Waals surface area contributed by atoms with Crippen LogP contribution in [0.4, 0.5) is 0 Å². The molecule has 0 aliphatic rings. The van der Waals surface area contributed by atoms with Crippen molar-refractivity contribution in [3.8, 4) is 11.5 Å². The zero-order chi connectivity index (χ0) is 14.6. The number of carboxylic acid groups (broad SMARTS) is 1. The number of hydrogen-bond donors (Lipinski definition) is 2.